The molecular formula is C15H14Cl2N4O2. The quantitative estimate of drug-likeness (QED) is 0.582. The van der Waals surface area contributed by atoms with Crippen molar-refractivity contribution >= 4 is 23.2 Å². The van der Waals surface area contributed by atoms with Crippen LogP contribution >= 0.6 is 23.2 Å². The van der Waals surface area contributed by atoms with Gasteiger partial charge in [0.05, 0.1) is 17.0 Å². The Bertz CT molecular complexity index is 906. The number of H-pyrrole nitrogens is 4. The molecular weight excluding hydrogens is 339 g/mol. The van der Waals surface area contributed by atoms with Crippen molar-refractivity contribution in [2.24, 2.45) is 0 Å². The molecule has 0 aliphatic carbocycles. The molecule has 2 aromatic heterocycles. The summed E-state index contributed by atoms with van der Waals surface area (Å²) in [5.74, 6) is -0.679. The zero-order chi connectivity index (χ0) is 16.7. The Kier molecular flexibility index (Phi) is 3.95. The van der Waals surface area contributed by atoms with E-state index in [0.29, 0.717) is 38.1 Å². The smallest absolute Gasteiger partial charge is 0.268 e. The van der Waals surface area contributed by atoms with Crippen molar-refractivity contribution in [1.29, 1.82) is 0 Å². The molecule has 0 unspecified atom stereocenters. The third-order valence-electron chi connectivity index (χ3n) is 3.89. The van der Waals surface area contributed by atoms with E-state index in [2.05, 4.69) is 20.4 Å². The van der Waals surface area contributed by atoms with Crippen LogP contribution in [0.25, 0.3) is 0 Å². The van der Waals surface area contributed by atoms with Gasteiger partial charge in [-0.1, -0.05) is 29.3 Å². The monoisotopic (exact) mass is 352 g/mol. The van der Waals surface area contributed by atoms with Crippen LogP contribution in [0.4, 0.5) is 0 Å². The minimum absolute atomic E-state index is 0.316. The molecule has 0 spiro atoms. The Balaban J connectivity index is 2.41. The maximum absolute atomic E-state index is 12.3. The second kappa shape index (κ2) is 5.79. The van der Waals surface area contributed by atoms with Crippen LogP contribution < -0.4 is 11.1 Å². The lowest BCUT2D eigenvalue weighted by atomic mass is 9.85. The second-order valence-electron chi connectivity index (χ2n) is 5.30. The number of aromatic nitrogens is 4. The summed E-state index contributed by atoms with van der Waals surface area (Å²) in [6.45, 7) is 3.50. The van der Waals surface area contributed by atoms with E-state index >= 15 is 0 Å². The summed E-state index contributed by atoms with van der Waals surface area (Å²) >= 11 is 12.7. The number of nitrogens with one attached hydrogen (secondary N) is 4. The molecule has 6 nitrogen and oxygen atoms in total. The first-order valence-electron chi connectivity index (χ1n) is 6.90. The Labute approximate surface area is 140 Å². The number of aryl methyl sites for hydroxylation is 2. The van der Waals surface area contributed by atoms with Crippen molar-refractivity contribution in [3.8, 4) is 0 Å². The zero-order valence-corrected chi connectivity index (χ0v) is 13.9. The molecule has 23 heavy (non-hydrogen) atoms. The fourth-order valence-corrected chi connectivity index (χ4v) is 3.44. The topological polar surface area (TPSA) is 97.3 Å². The lowest BCUT2D eigenvalue weighted by Gasteiger charge is -2.18. The van der Waals surface area contributed by atoms with E-state index in [-0.39, 0.29) is 11.1 Å². The molecule has 0 saturated heterocycles. The molecule has 0 atom stereocenters. The van der Waals surface area contributed by atoms with Crippen molar-refractivity contribution in [1.82, 2.24) is 20.4 Å². The normalized spacial score (nSPS) is 11.3. The second-order valence-corrected chi connectivity index (χ2v) is 6.12. The largest absolute Gasteiger partial charge is 0.302 e. The van der Waals surface area contributed by atoms with Crippen LogP contribution in [0.15, 0.2) is 27.8 Å². The van der Waals surface area contributed by atoms with Gasteiger partial charge in [-0.3, -0.25) is 19.8 Å². The van der Waals surface area contributed by atoms with Gasteiger partial charge in [-0.2, -0.15) is 0 Å². The summed E-state index contributed by atoms with van der Waals surface area (Å²) in [5.41, 5.74) is 1.96. The summed E-state index contributed by atoms with van der Waals surface area (Å²) in [6.07, 6.45) is 0. The number of halogens is 2. The SMILES string of the molecule is Cc1[nH][nH]c(=O)c1C(c1c(Cl)cccc1Cl)c1c(C)[nH][nH]c1=O. The average Bonchev–Trinajstić information content (AvgIpc) is 2.99. The fraction of sp³-hybridized carbons (Fsp3) is 0.200. The average molecular weight is 353 g/mol. The van der Waals surface area contributed by atoms with Gasteiger partial charge in [0.2, 0.25) is 0 Å². The van der Waals surface area contributed by atoms with Gasteiger partial charge < -0.3 is 10.2 Å². The maximum atomic E-state index is 12.3. The fourth-order valence-electron chi connectivity index (χ4n) is 2.83. The van der Waals surface area contributed by atoms with Crippen LogP contribution in [0.1, 0.15) is 34.0 Å². The van der Waals surface area contributed by atoms with Gasteiger partial charge >= 0.3 is 0 Å². The molecule has 0 saturated carbocycles. The molecule has 4 N–H and O–H groups in total. The molecule has 0 fully saturated rings. The Morgan fingerprint density at radius 1 is 0.783 bits per heavy atom. The minimum atomic E-state index is -0.679. The van der Waals surface area contributed by atoms with Gasteiger partial charge in [-0.05, 0) is 26.0 Å². The molecule has 2 heterocycles. The molecule has 8 heteroatoms. The number of aromatic amines is 4. The zero-order valence-electron chi connectivity index (χ0n) is 12.4. The van der Waals surface area contributed by atoms with Gasteiger partial charge in [0.1, 0.15) is 0 Å². The van der Waals surface area contributed by atoms with E-state index < -0.39 is 5.92 Å². The van der Waals surface area contributed by atoms with E-state index in [9.17, 15) is 9.59 Å². The predicted octanol–water partition coefficient (Wildman–Crippen LogP) is 2.82. The summed E-state index contributed by atoms with van der Waals surface area (Å²) in [7, 11) is 0. The highest BCUT2D eigenvalue weighted by atomic mass is 35.5. The van der Waals surface area contributed by atoms with E-state index in [4.69, 9.17) is 23.2 Å². The molecule has 120 valence electrons. The van der Waals surface area contributed by atoms with Crippen LogP contribution in [-0.2, 0) is 0 Å². The third kappa shape index (κ3) is 2.54. The number of hydrogen-bond donors (Lipinski definition) is 4. The molecule has 0 aliphatic rings. The van der Waals surface area contributed by atoms with Crippen LogP contribution in [-0.4, -0.2) is 20.4 Å². The Morgan fingerprint density at radius 3 is 1.57 bits per heavy atom. The Morgan fingerprint density at radius 2 is 1.22 bits per heavy atom. The molecule has 3 aromatic rings. The minimum Gasteiger partial charge on any atom is -0.302 e. The molecule has 0 radical (unpaired) electrons. The number of rotatable bonds is 3. The van der Waals surface area contributed by atoms with Crippen LogP contribution in [0.2, 0.25) is 10.0 Å². The van der Waals surface area contributed by atoms with Gasteiger partial charge in [0.15, 0.2) is 0 Å². The number of benzene rings is 1. The van der Waals surface area contributed by atoms with Gasteiger partial charge in [0, 0.05) is 27.0 Å². The summed E-state index contributed by atoms with van der Waals surface area (Å²) < 4.78 is 0. The summed E-state index contributed by atoms with van der Waals surface area (Å²) in [4.78, 5) is 24.6. The molecule has 0 bridgehead atoms. The van der Waals surface area contributed by atoms with E-state index in [1.165, 1.54) is 0 Å². The molecule has 0 aliphatic heterocycles. The van der Waals surface area contributed by atoms with E-state index in [1.807, 2.05) is 0 Å². The molecule has 0 amide bonds. The number of hydrogen-bond acceptors (Lipinski definition) is 2. The van der Waals surface area contributed by atoms with Crippen LogP contribution in [0.3, 0.4) is 0 Å². The highest BCUT2D eigenvalue weighted by molar-refractivity contribution is 6.36. The molecule has 3 rings (SSSR count). The Hall–Kier alpha value is -2.18. The van der Waals surface area contributed by atoms with Crippen LogP contribution in [0.5, 0.6) is 0 Å². The van der Waals surface area contributed by atoms with E-state index in [0.717, 1.165) is 0 Å². The van der Waals surface area contributed by atoms with Crippen molar-refractivity contribution < 1.29 is 0 Å². The van der Waals surface area contributed by atoms with Crippen molar-refractivity contribution in [2.75, 3.05) is 0 Å². The molecule has 1 aromatic carbocycles. The summed E-state index contributed by atoms with van der Waals surface area (Å²) in [5, 5.41) is 11.4. The van der Waals surface area contributed by atoms with Crippen molar-refractivity contribution in [3.05, 3.63) is 77.0 Å². The third-order valence-corrected chi connectivity index (χ3v) is 4.55. The van der Waals surface area contributed by atoms with Crippen molar-refractivity contribution in [3.63, 3.8) is 0 Å². The highest BCUT2D eigenvalue weighted by Crippen LogP contribution is 2.39. The lowest BCUT2D eigenvalue weighted by molar-refractivity contribution is 0.932. The van der Waals surface area contributed by atoms with Gasteiger partial charge in [-0.25, -0.2) is 0 Å². The first-order chi connectivity index (χ1) is 10.9. The van der Waals surface area contributed by atoms with Crippen molar-refractivity contribution in [2.45, 2.75) is 19.8 Å². The first-order valence-corrected chi connectivity index (χ1v) is 7.65. The maximum Gasteiger partial charge on any atom is 0.268 e. The predicted molar refractivity (Wildman–Crippen MR) is 89.7 cm³/mol. The first kappa shape index (κ1) is 15.7. The van der Waals surface area contributed by atoms with Gasteiger partial charge in [-0.15, -0.1) is 0 Å². The van der Waals surface area contributed by atoms with Gasteiger partial charge in [0.25, 0.3) is 11.1 Å². The summed E-state index contributed by atoms with van der Waals surface area (Å²) in [6, 6.07) is 5.08. The lowest BCUT2D eigenvalue weighted by Crippen LogP contribution is -2.20. The highest BCUT2D eigenvalue weighted by Gasteiger charge is 2.31. The standard InChI is InChI=1S/C15H14Cl2N4O2/c1-6-10(14(22)20-18-6)13(11-7(2)19-21-15(11)23)12-8(16)4-3-5-9(12)17/h3-5,13H,1-2H3,(H2,18,20,22)(H2,19,21,23). The van der Waals surface area contributed by atoms with Crippen LogP contribution in [0, 0.1) is 13.8 Å². The van der Waals surface area contributed by atoms with E-state index in [1.54, 1.807) is 32.0 Å².